The third-order valence-electron chi connectivity index (χ3n) is 2.20. The molecule has 0 aliphatic rings. The van der Waals surface area contributed by atoms with Crippen molar-refractivity contribution in [3.05, 3.63) is 40.1 Å². The van der Waals surface area contributed by atoms with Crippen LogP contribution in [0.3, 0.4) is 0 Å². The van der Waals surface area contributed by atoms with E-state index in [1.54, 1.807) is 25.2 Å². The van der Waals surface area contributed by atoms with E-state index < -0.39 is 10.0 Å². The van der Waals surface area contributed by atoms with Crippen molar-refractivity contribution in [2.24, 2.45) is 0 Å². The summed E-state index contributed by atoms with van der Waals surface area (Å²) in [5, 5.41) is 0. The SMILES string of the molecule is CN(Cc1ccoc1)S(=O)(=O)c1ccc(Br)s1. The van der Waals surface area contributed by atoms with E-state index in [9.17, 15) is 8.42 Å². The average molecular weight is 336 g/mol. The maximum atomic E-state index is 12.2. The number of rotatable bonds is 4. The number of thiophene rings is 1. The van der Waals surface area contributed by atoms with Crippen molar-refractivity contribution in [1.29, 1.82) is 0 Å². The Bertz CT molecular complexity index is 589. The molecule has 0 amide bonds. The minimum Gasteiger partial charge on any atom is -0.472 e. The van der Waals surface area contributed by atoms with Gasteiger partial charge in [-0.25, -0.2) is 8.42 Å². The van der Waals surface area contributed by atoms with Crippen molar-refractivity contribution in [1.82, 2.24) is 4.31 Å². The first-order valence-electron chi connectivity index (χ1n) is 4.73. The maximum Gasteiger partial charge on any atom is 0.252 e. The molecule has 0 aliphatic heterocycles. The molecule has 2 aromatic rings. The molecule has 2 heterocycles. The van der Waals surface area contributed by atoms with Crippen LogP contribution in [0.1, 0.15) is 5.56 Å². The average Bonchev–Trinajstić information content (AvgIpc) is 2.89. The lowest BCUT2D eigenvalue weighted by Crippen LogP contribution is -2.25. The van der Waals surface area contributed by atoms with E-state index in [4.69, 9.17) is 4.42 Å². The number of furan rings is 1. The van der Waals surface area contributed by atoms with Gasteiger partial charge >= 0.3 is 0 Å². The van der Waals surface area contributed by atoms with Crippen LogP contribution in [0, 0.1) is 0 Å². The van der Waals surface area contributed by atoms with Crippen molar-refractivity contribution in [2.45, 2.75) is 10.8 Å². The van der Waals surface area contributed by atoms with Crippen LogP contribution in [-0.4, -0.2) is 19.8 Å². The molecule has 0 atom stereocenters. The Morgan fingerprint density at radius 3 is 2.71 bits per heavy atom. The summed E-state index contributed by atoms with van der Waals surface area (Å²) < 4.78 is 31.7. The van der Waals surface area contributed by atoms with Gasteiger partial charge in [0.05, 0.1) is 16.3 Å². The van der Waals surface area contributed by atoms with Gasteiger partial charge in [0.15, 0.2) is 0 Å². The van der Waals surface area contributed by atoms with Crippen molar-refractivity contribution in [3.63, 3.8) is 0 Å². The molecule has 4 nitrogen and oxygen atoms in total. The standard InChI is InChI=1S/C10H10BrNO3S2/c1-12(6-8-4-5-15-7-8)17(13,14)10-3-2-9(11)16-10/h2-5,7H,6H2,1H3. The number of hydrogen-bond donors (Lipinski definition) is 0. The van der Waals surface area contributed by atoms with Gasteiger partial charge in [-0.2, -0.15) is 4.31 Å². The van der Waals surface area contributed by atoms with Crippen LogP contribution < -0.4 is 0 Å². The molecule has 0 spiro atoms. The van der Waals surface area contributed by atoms with Gasteiger partial charge in [-0.05, 0) is 34.1 Å². The van der Waals surface area contributed by atoms with E-state index in [-0.39, 0.29) is 0 Å². The summed E-state index contributed by atoms with van der Waals surface area (Å²) in [7, 11) is -1.86. The minimum atomic E-state index is -3.41. The van der Waals surface area contributed by atoms with Gasteiger partial charge in [0, 0.05) is 19.2 Å². The van der Waals surface area contributed by atoms with Crippen LogP contribution in [0.5, 0.6) is 0 Å². The Hall–Kier alpha value is -0.630. The number of sulfonamides is 1. The molecular formula is C10H10BrNO3S2. The fourth-order valence-corrected chi connectivity index (χ4v) is 4.69. The second-order valence-electron chi connectivity index (χ2n) is 3.45. The Morgan fingerprint density at radius 1 is 1.41 bits per heavy atom. The highest BCUT2D eigenvalue weighted by molar-refractivity contribution is 9.11. The van der Waals surface area contributed by atoms with Crippen molar-refractivity contribution in [2.75, 3.05) is 7.05 Å². The normalized spacial score (nSPS) is 12.2. The van der Waals surface area contributed by atoms with Gasteiger partial charge in [0.25, 0.3) is 10.0 Å². The molecule has 0 saturated carbocycles. The summed E-state index contributed by atoms with van der Waals surface area (Å²) in [5.41, 5.74) is 0.826. The van der Waals surface area contributed by atoms with Crippen LogP contribution in [0.25, 0.3) is 0 Å². The zero-order valence-corrected chi connectivity index (χ0v) is 12.2. The Labute approximate surface area is 112 Å². The second-order valence-corrected chi connectivity index (χ2v) is 8.19. The predicted molar refractivity (Wildman–Crippen MR) is 69.4 cm³/mol. The van der Waals surface area contributed by atoms with Crippen molar-refractivity contribution >= 4 is 37.3 Å². The van der Waals surface area contributed by atoms with Gasteiger partial charge in [0.1, 0.15) is 4.21 Å². The molecule has 2 rings (SSSR count). The van der Waals surface area contributed by atoms with Crippen molar-refractivity contribution in [3.8, 4) is 0 Å². The number of nitrogens with zero attached hydrogens (tertiary/aromatic N) is 1. The highest BCUT2D eigenvalue weighted by atomic mass is 79.9. The summed E-state index contributed by atoms with van der Waals surface area (Å²) in [6.07, 6.45) is 3.06. The predicted octanol–water partition coefficient (Wildman–Crippen LogP) is 2.92. The maximum absolute atomic E-state index is 12.2. The molecule has 0 fully saturated rings. The number of hydrogen-bond acceptors (Lipinski definition) is 4. The van der Waals surface area contributed by atoms with Crippen LogP contribution >= 0.6 is 27.3 Å². The highest BCUT2D eigenvalue weighted by Gasteiger charge is 2.22. The Kier molecular flexibility index (Phi) is 3.72. The quantitative estimate of drug-likeness (QED) is 0.863. The smallest absolute Gasteiger partial charge is 0.252 e. The molecule has 0 unspecified atom stereocenters. The van der Waals surface area contributed by atoms with Gasteiger partial charge < -0.3 is 4.42 Å². The van der Waals surface area contributed by atoms with Crippen molar-refractivity contribution < 1.29 is 12.8 Å². The zero-order valence-electron chi connectivity index (χ0n) is 8.96. The van der Waals surface area contributed by atoms with E-state index >= 15 is 0 Å². The van der Waals surface area contributed by atoms with E-state index in [1.807, 2.05) is 0 Å². The van der Waals surface area contributed by atoms with Crippen LogP contribution in [0.4, 0.5) is 0 Å². The molecule has 0 radical (unpaired) electrons. The molecule has 0 aliphatic carbocycles. The third-order valence-corrected chi connectivity index (χ3v) is 6.09. The molecule has 0 saturated heterocycles. The largest absolute Gasteiger partial charge is 0.472 e. The van der Waals surface area contributed by atoms with Crippen LogP contribution in [0.15, 0.2) is 43.1 Å². The molecule has 7 heteroatoms. The lowest BCUT2D eigenvalue weighted by Gasteiger charge is -2.14. The Morgan fingerprint density at radius 2 is 2.18 bits per heavy atom. The first-order valence-corrected chi connectivity index (χ1v) is 7.78. The fraction of sp³-hybridized carbons (Fsp3) is 0.200. The second kappa shape index (κ2) is 4.93. The third kappa shape index (κ3) is 2.79. The summed E-state index contributed by atoms with van der Waals surface area (Å²) in [6.45, 7) is 0.300. The summed E-state index contributed by atoms with van der Waals surface area (Å²) in [4.78, 5) is 0. The lowest BCUT2D eigenvalue weighted by atomic mass is 10.3. The van der Waals surface area contributed by atoms with E-state index in [0.717, 1.165) is 9.35 Å². The van der Waals surface area contributed by atoms with E-state index in [0.29, 0.717) is 10.8 Å². The van der Waals surface area contributed by atoms with Crippen LogP contribution in [0.2, 0.25) is 0 Å². The zero-order chi connectivity index (χ0) is 12.5. The summed E-state index contributed by atoms with van der Waals surface area (Å²) in [6, 6.07) is 5.07. The lowest BCUT2D eigenvalue weighted by molar-refractivity contribution is 0.465. The van der Waals surface area contributed by atoms with Gasteiger partial charge in [-0.1, -0.05) is 0 Å². The monoisotopic (exact) mass is 335 g/mol. The van der Waals surface area contributed by atoms with Crippen LogP contribution in [-0.2, 0) is 16.6 Å². The minimum absolute atomic E-state index is 0.300. The number of halogens is 1. The first kappa shape index (κ1) is 12.8. The molecule has 0 bridgehead atoms. The topological polar surface area (TPSA) is 50.5 Å². The van der Waals surface area contributed by atoms with Gasteiger partial charge in [0.2, 0.25) is 0 Å². The fourth-order valence-electron chi connectivity index (χ4n) is 1.31. The molecule has 17 heavy (non-hydrogen) atoms. The molecule has 0 N–H and O–H groups in total. The molecule has 2 aromatic heterocycles. The highest BCUT2D eigenvalue weighted by Crippen LogP contribution is 2.28. The van der Waals surface area contributed by atoms with E-state index in [2.05, 4.69) is 15.9 Å². The molecule has 0 aromatic carbocycles. The molecule has 92 valence electrons. The Balaban J connectivity index is 2.21. The molecular weight excluding hydrogens is 326 g/mol. The summed E-state index contributed by atoms with van der Waals surface area (Å²) in [5.74, 6) is 0. The first-order chi connectivity index (χ1) is 8.00. The van der Waals surface area contributed by atoms with Gasteiger partial charge in [-0.15, -0.1) is 11.3 Å². The van der Waals surface area contributed by atoms with Gasteiger partial charge in [-0.3, -0.25) is 0 Å². The van der Waals surface area contributed by atoms with E-state index in [1.165, 1.54) is 28.2 Å². The summed E-state index contributed by atoms with van der Waals surface area (Å²) >= 11 is 4.45.